The molecule has 0 saturated heterocycles. The predicted octanol–water partition coefficient (Wildman–Crippen LogP) is 7.47. The highest BCUT2D eigenvalue weighted by atomic mass is 16.3. The molecule has 4 aliphatic carbocycles. The Morgan fingerprint density at radius 3 is 2.67 bits per heavy atom. The Morgan fingerprint density at radius 2 is 1.93 bits per heavy atom. The van der Waals surface area contributed by atoms with E-state index in [1.165, 1.54) is 61.8 Å². The predicted molar refractivity (Wildman–Crippen MR) is 164 cm³/mol. The highest BCUT2D eigenvalue weighted by Crippen LogP contribution is 2.60. The molecule has 1 aromatic heterocycles. The summed E-state index contributed by atoms with van der Waals surface area (Å²) in [6.07, 6.45) is 23.4. The third kappa shape index (κ3) is 5.87. The Hall–Kier alpha value is -1.88. The molecule has 0 aromatic carbocycles. The number of nitrogens with one attached hydrogen (secondary N) is 1. The van der Waals surface area contributed by atoms with E-state index < -0.39 is 18.3 Å². The third-order valence-corrected chi connectivity index (χ3v) is 11.2. The van der Waals surface area contributed by atoms with Crippen LogP contribution in [0.3, 0.4) is 0 Å². The van der Waals surface area contributed by atoms with Gasteiger partial charge in [-0.05, 0) is 110 Å². The lowest BCUT2D eigenvalue weighted by Gasteiger charge is -2.44. The first kappa shape index (κ1) is 29.6. The fourth-order valence-electron chi connectivity index (χ4n) is 8.52. The van der Waals surface area contributed by atoms with Crippen molar-refractivity contribution in [3.8, 4) is 0 Å². The molecule has 4 saturated carbocycles. The zero-order valence-corrected chi connectivity index (χ0v) is 25.2. The van der Waals surface area contributed by atoms with E-state index in [0.29, 0.717) is 30.6 Å². The fourth-order valence-corrected chi connectivity index (χ4v) is 8.52. The molecule has 0 bridgehead atoms. The van der Waals surface area contributed by atoms with Crippen LogP contribution in [0.2, 0.25) is 0 Å². The molecule has 1 heterocycles. The number of allylic oxidation sites excluding steroid dienone is 4. The summed E-state index contributed by atoms with van der Waals surface area (Å²) in [5.41, 5.74) is 6.03. The number of aliphatic hydroxyl groups is 3. The Morgan fingerprint density at radius 1 is 1.12 bits per heavy atom. The van der Waals surface area contributed by atoms with E-state index in [1.54, 1.807) is 0 Å². The Balaban J connectivity index is 1.24. The molecule has 5 rings (SSSR count). The minimum Gasteiger partial charge on any atom is -0.393 e. The summed E-state index contributed by atoms with van der Waals surface area (Å²) in [4.78, 5) is 3.51. The number of hydrogen-bond donors (Lipinski definition) is 4. The number of fused-ring (bicyclic) bond motifs is 1. The molecule has 0 aliphatic heterocycles. The van der Waals surface area contributed by atoms with Gasteiger partial charge in [0.2, 0.25) is 0 Å². The van der Waals surface area contributed by atoms with Gasteiger partial charge in [-0.1, -0.05) is 70.1 Å². The van der Waals surface area contributed by atoms with Crippen molar-refractivity contribution in [1.29, 1.82) is 0 Å². The van der Waals surface area contributed by atoms with Gasteiger partial charge >= 0.3 is 0 Å². The van der Waals surface area contributed by atoms with E-state index in [1.807, 2.05) is 0 Å². The number of rotatable bonds is 10. The summed E-state index contributed by atoms with van der Waals surface area (Å²) < 4.78 is 0. The van der Waals surface area contributed by atoms with Crippen molar-refractivity contribution in [3.05, 3.63) is 71.1 Å². The van der Waals surface area contributed by atoms with Gasteiger partial charge in [0.15, 0.2) is 0 Å². The van der Waals surface area contributed by atoms with Gasteiger partial charge in [-0.3, -0.25) is 0 Å². The summed E-state index contributed by atoms with van der Waals surface area (Å²) in [5.74, 6) is 1.61. The van der Waals surface area contributed by atoms with Gasteiger partial charge < -0.3 is 20.3 Å². The number of H-pyrrole nitrogens is 1. The largest absolute Gasteiger partial charge is 0.393 e. The first-order valence-corrected chi connectivity index (χ1v) is 16.2. The minimum atomic E-state index is -0.636. The standard InChI is InChI=1S/C36H53NO3/c1-5-6-7-9-26-20-33(37-23-26)36(18-19-36)34(40)16-11-24(2)30-14-15-31-27(10-8-17-35(30,31)4)12-13-28-21-29(38)22-32(39)25(28)3/h11-13,16,20,23-24,29-32,34,37-40H,3,5-10,14-15,17-19,21-22H2,1-2,4H3/t24-,29-,30-,31+,32+,34+,35-/m1/s1. The molecular formula is C36H53NO3. The number of hydrogen-bond acceptors (Lipinski definition) is 3. The molecule has 0 spiro atoms. The van der Waals surface area contributed by atoms with Gasteiger partial charge in [-0.2, -0.15) is 0 Å². The molecule has 4 N–H and O–H groups in total. The minimum absolute atomic E-state index is 0.125. The average molecular weight is 548 g/mol. The van der Waals surface area contributed by atoms with E-state index in [9.17, 15) is 15.3 Å². The van der Waals surface area contributed by atoms with Gasteiger partial charge in [-0.25, -0.2) is 0 Å². The number of aryl methyl sites for hydroxylation is 1. The number of aromatic amines is 1. The number of aliphatic hydroxyl groups excluding tert-OH is 3. The maximum Gasteiger partial charge on any atom is 0.0831 e. The van der Waals surface area contributed by atoms with Crippen LogP contribution >= 0.6 is 0 Å². The van der Waals surface area contributed by atoms with Gasteiger partial charge in [0.1, 0.15) is 0 Å². The van der Waals surface area contributed by atoms with Crippen LogP contribution < -0.4 is 0 Å². The van der Waals surface area contributed by atoms with Crippen molar-refractivity contribution in [2.45, 2.75) is 128 Å². The van der Waals surface area contributed by atoms with Crippen molar-refractivity contribution in [2.75, 3.05) is 0 Å². The SMILES string of the molecule is C=C1C(=CC=C2CCC[C@]3(C)[C@@H]([C@H](C)C=C[C@H](O)C4(c5cc(CCCCC)c[nH]5)CC4)CC[C@@H]23)C[C@@H](O)C[C@@H]1O. The molecule has 1 aromatic rings. The molecule has 220 valence electrons. The zero-order chi connectivity index (χ0) is 28.5. The summed E-state index contributed by atoms with van der Waals surface area (Å²) >= 11 is 0. The van der Waals surface area contributed by atoms with Crippen LogP contribution in [-0.4, -0.2) is 38.6 Å². The van der Waals surface area contributed by atoms with Crippen molar-refractivity contribution in [1.82, 2.24) is 4.98 Å². The monoisotopic (exact) mass is 547 g/mol. The maximum atomic E-state index is 11.3. The Kier molecular flexibility index (Phi) is 9.00. The second-order valence-corrected chi connectivity index (χ2v) is 13.9. The molecule has 0 unspecified atom stereocenters. The van der Waals surface area contributed by atoms with Gasteiger partial charge in [0.25, 0.3) is 0 Å². The lowest BCUT2D eigenvalue weighted by atomic mass is 9.61. The Bertz CT molecular complexity index is 1140. The van der Waals surface area contributed by atoms with Crippen LogP contribution in [0.25, 0.3) is 0 Å². The lowest BCUT2D eigenvalue weighted by Crippen LogP contribution is -2.35. The second-order valence-electron chi connectivity index (χ2n) is 13.9. The maximum absolute atomic E-state index is 11.3. The fraction of sp³-hybridized carbons (Fsp3) is 0.667. The van der Waals surface area contributed by atoms with Crippen molar-refractivity contribution in [3.63, 3.8) is 0 Å². The normalized spacial score (nSPS) is 35.4. The van der Waals surface area contributed by atoms with E-state index in [4.69, 9.17) is 0 Å². The Labute approximate surface area is 242 Å². The van der Waals surface area contributed by atoms with E-state index in [-0.39, 0.29) is 10.8 Å². The number of aromatic nitrogens is 1. The summed E-state index contributed by atoms with van der Waals surface area (Å²) in [7, 11) is 0. The van der Waals surface area contributed by atoms with Crippen LogP contribution in [0.5, 0.6) is 0 Å². The van der Waals surface area contributed by atoms with Crippen LogP contribution in [0.4, 0.5) is 0 Å². The van der Waals surface area contributed by atoms with Crippen molar-refractivity contribution < 1.29 is 15.3 Å². The first-order valence-electron chi connectivity index (χ1n) is 16.2. The molecule has 4 aliphatic rings. The van der Waals surface area contributed by atoms with Crippen molar-refractivity contribution >= 4 is 0 Å². The van der Waals surface area contributed by atoms with Crippen LogP contribution in [-0.2, 0) is 11.8 Å². The molecule has 4 nitrogen and oxygen atoms in total. The molecule has 0 radical (unpaired) electrons. The summed E-state index contributed by atoms with van der Waals surface area (Å²) in [6.45, 7) is 11.2. The molecule has 40 heavy (non-hydrogen) atoms. The smallest absolute Gasteiger partial charge is 0.0831 e. The molecule has 4 heteroatoms. The van der Waals surface area contributed by atoms with E-state index >= 15 is 0 Å². The van der Waals surface area contributed by atoms with Crippen LogP contribution in [0.1, 0.15) is 109 Å². The summed E-state index contributed by atoms with van der Waals surface area (Å²) in [5, 5.41) is 31.7. The first-order chi connectivity index (χ1) is 19.2. The highest BCUT2D eigenvalue weighted by Gasteiger charge is 2.52. The topological polar surface area (TPSA) is 76.5 Å². The van der Waals surface area contributed by atoms with E-state index in [0.717, 1.165) is 36.8 Å². The van der Waals surface area contributed by atoms with Gasteiger partial charge in [-0.15, -0.1) is 0 Å². The third-order valence-electron chi connectivity index (χ3n) is 11.2. The second kappa shape index (κ2) is 12.2. The highest BCUT2D eigenvalue weighted by molar-refractivity contribution is 5.39. The van der Waals surface area contributed by atoms with Crippen molar-refractivity contribution in [2.24, 2.45) is 23.2 Å². The lowest BCUT2D eigenvalue weighted by molar-refractivity contribution is 0.0862. The zero-order valence-electron chi connectivity index (χ0n) is 25.2. The van der Waals surface area contributed by atoms with Crippen LogP contribution in [0, 0.1) is 23.2 Å². The van der Waals surface area contributed by atoms with E-state index in [2.05, 4.69) is 68.9 Å². The molecule has 7 atom stereocenters. The number of unbranched alkanes of at least 4 members (excludes halogenated alkanes) is 2. The summed E-state index contributed by atoms with van der Waals surface area (Å²) in [6, 6.07) is 2.31. The molecule has 4 fully saturated rings. The van der Waals surface area contributed by atoms with Gasteiger partial charge in [0, 0.05) is 23.7 Å². The van der Waals surface area contributed by atoms with Gasteiger partial charge in [0.05, 0.1) is 18.3 Å². The molecule has 0 amide bonds. The molecular weight excluding hydrogens is 494 g/mol. The van der Waals surface area contributed by atoms with Crippen LogP contribution in [0.15, 0.2) is 59.9 Å². The quantitative estimate of drug-likeness (QED) is 0.181. The average Bonchev–Trinajstić information content (AvgIpc) is 3.46.